The monoisotopic (exact) mass is 288 g/mol. The summed E-state index contributed by atoms with van der Waals surface area (Å²) in [5.74, 6) is -1.10. The molecular weight excluding hydrogens is 264 g/mol. The summed E-state index contributed by atoms with van der Waals surface area (Å²) in [6, 6.07) is -0.637. The van der Waals surface area contributed by atoms with Crippen LogP contribution < -0.4 is 10.6 Å². The Hall–Kier alpha value is -1.79. The Labute approximate surface area is 119 Å². The molecule has 0 spiro atoms. The summed E-state index contributed by atoms with van der Waals surface area (Å²) in [6.45, 7) is 9.84. The SMILES string of the molecule is CC(C)(C)OC(=O)CNC(=O)NCC(=O)OC(C)(C)C. The second kappa shape index (κ2) is 7.12. The molecule has 0 bridgehead atoms. The third-order valence-electron chi connectivity index (χ3n) is 1.63. The summed E-state index contributed by atoms with van der Waals surface area (Å²) >= 11 is 0. The van der Waals surface area contributed by atoms with Crippen LogP contribution in [-0.2, 0) is 19.1 Å². The molecule has 0 aliphatic heterocycles. The van der Waals surface area contributed by atoms with E-state index in [9.17, 15) is 14.4 Å². The highest BCUT2D eigenvalue weighted by molar-refractivity contribution is 5.84. The van der Waals surface area contributed by atoms with Crippen LogP contribution >= 0.6 is 0 Å². The molecule has 0 saturated carbocycles. The summed E-state index contributed by atoms with van der Waals surface area (Å²) in [7, 11) is 0. The fourth-order valence-electron chi connectivity index (χ4n) is 1.12. The van der Waals surface area contributed by atoms with Gasteiger partial charge in [0.25, 0.3) is 0 Å². The van der Waals surface area contributed by atoms with Crippen LogP contribution in [0.3, 0.4) is 0 Å². The van der Waals surface area contributed by atoms with Crippen molar-refractivity contribution in [1.82, 2.24) is 10.6 Å². The lowest BCUT2D eigenvalue weighted by atomic mass is 10.2. The quantitative estimate of drug-likeness (QED) is 0.752. The smallest absolute Gasteiger partial charge is 0.325 e. The van der Waals surface area contributed by atoms with Crippen LogP contribution in [0.1, 0.15) is 41.5 Å². The van der Waals surface area contributed by atoms with Crippen molar-refractivity contribution in [1.29, 1.82) is 0 Å². The number of esters is 2. The maximum atomic E-state index is 11.3. The second-order valence-corrected chi connectivity index (χ2v) is 6.21. The Morgan fingerprint density at radius 3 is 1.30 bits per heavy atom. The van der Waals surface area contributed by atoms with Gasteiger partial charge in [-0.15, -0.1) is 0 Å². The molecule has 0 heterocycles. The maximum Gasteiger partial charge on any atom is 0.325 e. The number of carbonyl (C=O) groups excluding carboxylic acids is 3. The van der Waals surface area contributed by atoms with Gasteiger partial charge in [0.15, 0.2) is 0 Å². The minimum Gasteiger partial charge on any atom is -0.459 e. The minimum absolute atomic E-state index is 0.266. The molecule has 0 aromatic carbocycles. The Balaban J connectivity index is 3.91. The Kier molecular flexibility index (Phi) is 6.48. The second-order valence-electron chi connectivity index (χ2n) is 6.21. The lowest BCUT2D eigenvalue weighted by Crippen LogP contribution is -2.43. The van der Waals surface area contributed by atoms with E-state index < -0.39 is 29.2 Å². The molecule has 0 saturated heterocycles. The first-order chi connectivity index (χ1) is 8.89. The molecule has 2 N–H and O–H groups in total. The van der Waals surface area contributed by atoms with Crippen molar-refractivity contribution in [2.45, 2.75) is 52.7 Å². The van der Waals surface area contributed by atoms with Gasteiger partial charge in [-0.3, -0.25) is 9.59 Å². The van der Waals surface area contributed by atoms with Gasteiger partial charge in [-0.25, -0.2) is 4.79 Å². The van der Waals surface area contributed by atoms with Gasteiger partial charge in [-0.1, -0.05) is 0 Å². The molecule has 7 nitrogen and oxygen atoms in total. The average Bonchev–Trinajstić information content (AvgIpc) is 2.18. The zero-order chi connectivity index (χ0) is 16.0. The van der Waals surface area contributed by atoms with E-state index in [1.54, 1.807) is 41.5 Å². The topological polar surface area (TPSA) is 93.7 Å². The molecule has 0 fully saturated rings. The van der Waals surface area contributed by atoms with Crippen molar-refractivity contribution in [2.24, 2.45) is 0 Å². The van der Waals surface area contributed by atoms with Gasteiger partial charge in [-0.2, -0.15) is 0 Å². The number of rotatable bonds is 4. The number of hydrogen-bond acceptors (Lipinski definition) is 5. The predicted molar refractivity (Wildman–Crippen MR) is 73.1 cm³/mol. The summed E-state index contributed by atoms with van der Waals surface area (Å²) in [5, 5.41) is 4.58. The number of ether oxygens (including phenoxy) is 2. The van der Waals surface area contributed by atoms with Crippen LogP contribution in [0.5, 0.6) is 0 Å². The largest absolute Gasteiger partial charge is 0.459 e. The van der Waals surface area contributed by atoms with E-state index in [0.29, 0.717) is 0 Å². The number of amides is 2. The van der Waals surface area contributed by atoms with E-state index in [4.69, 9.17) is 9.47 Å². The maximum absolute atomic E-state index is 11.3. The fraction of sp³-hybridized carbons (Fsp3) is 0.769. The zero-order valence-corrected chi connectivity index (χ0v) is 13.0. The lowest BCUT2D eigenvalue weighted by molar-refractivity contribution is -0.154. The zero-order valence-electron chi connectivity index (χ0n) is 13.0. The first-order valence-corrected chi connectivity index (χ1v) is 6.34. The summed E-state index contributed by atoms with van der Waals surface area (Å²) in [5.41, 5.74) is -1.21. The van der Waals surface area contributed by atoms with Crippen LogP contribution in [-0.4, -0.2) is 42.3 Å². The van der Waals surface area contributed by atoms with Crippen molar-refractivity contribution in [3.05, 3.63) is 0 Å². The molecule has 0 aromatic heterocycles. The van der Waals surface area contributed by atoms with Gasteiger partial charge in [0, 0.05) is 0 Å². The molecule has 20 heavy (non-hydrogen) atoms. The van der Waals surface area contributed by atoms with Gasteiger partial charge < -0.3 is 20.1 Å². The molecule has 0 aromatic rings. The Morgan fingerprint density at radius 2 is 1.05 bits per heavy atom. The molecular formula is C13H24N2O5. The van der Waals surface area contributed by atoms with E-state index in [1.165, 1.54) is 0 Å². The van der Waals surface area contributed by atoms with Crippen molar-refractivity contribution >= 4 is 18.0 Å². The number of carbonyl (C=O) groups is 3. The summed E-state index contributed by atoms with van der Waals surface area (Å²) < 4.78 is 10.0. The molecule has 116 valence electrons. The van der Waals surface area contributed by atoms with Gasteiger partial charge in [0.1, 0.15) is 24.3 Å². The van der Waals surface area contributed by atoms with Crippen LogP contribution in [0.15, 0.2) is 0 Å². The van der Waals surface area contributed by atoms with Crippen molar-refractivity contribution in [3.63, 3.8) is 0 Å². The third kappa shape index (κ3) is 11.3. The molecule has 0 atom stereocenters. The third-order valence-corrected chi connectivity index (χ3v) is 1.63. The molecule has 0 aliphatic rings. The van der Waals surface area contributed by atoms with Gasteiger partial charge in [-0.05, 0) is 41.5 Å². The van der Waals surface area contributed by atoms with Crippen molar-refractivity contribution < 1.29 is 23.9 Å². The molecule has 0 radical (unpaired) electrons. The van der Waals surface area contributed by atoms with Crippen LogP contribution in [0.25, 0.3) is 0 Å². The fourth-order valence-corrected chi connectivity index (χ4v) is 1.12. The highest BCUT2D eigenvalue weighted by atomic mass is 16.6. The van der Waals surface area contributed by atoms with Crippen molar-refractivity contribution in [3.8, 4) is 0 Å². The van der Waals surface area contributed by atoms with Crippen LogP contribution in [0.2, 0.25) is 0 Å². The van der Waals surface area contributed by atoms with E-state index in [1.807, 2.05) is 0 Å². The standard InChI is InChI=1S/C13H24N2O5/c1-12(2,3)19-9(16)7-14-11(18)15-8-10(17)20-13(4,5)6/h7-8H2,1-6H3,(H2,14,15,18). The van der Waals surface area contributed by atoms with Gasteiger partial charge in [0.05, 0.1) is 0 Å². The molecule has 7 heteroatoms. The average molecular weight is 288 g/mol. The first-order valence-electron chi connectivity index (χ1n) is 6.34. The minimum atomic E-state index is -0.637. The number of hydrogen-bond donors (Lipinski definition) is 2. The highest BCUT2D eigenvalue weighted by Crippen LogP contribution is 2.06. The van der Waals surface area contributed by atoms with Gasteiger partial charge in [0.2, 0.25) is 0 Å². The van der Waals surface area contributed by atoms with E-state index in [2.05, 4.69) is 10.6 Å². The number of nitrogens with one attached hydrogen (secondary N) is 2. The van der Waals surface area contributed by atoms with Crippen LogP contribution in [0, 0.1) is 0 Å². The molecule has 0 rings (SSSR count). The highest BCUT2D eigenvalue weighted by Gasteiger charge is 2.18. The predicted octanol–water partition coefficient (Wildman–Crippen LogP) is 0.969. The van der Waals surface area contributed by atoms with E-state index >= 15 is 0 Å². The Morgan fingerprint density at radius 1 is 0.750 bits per heavy atom. The van der Waals surface area contributed by atoms with E-state index in [-0.39, 0.29) is 13.1 Å². The molecule has 0 aliphatic carbocycles. The first kappa shape index (κ1) is 18.2. The van der Waals surface area contributed by atoms with Crippen LogP contribution in [0.4, 0.5) is 4.79 Å². The Bertz CT molecular complexity index is 332. The van der Waals surface area contributed by atoms with E-state index in [0.717, 1.165) is 0 Å². The summed E-state index contributed by atoms with van der Waals surface area (Å²) in [4.78, 5) is 34.0. The lowest BCUT2D eigenvalue weighted by Gasteiger charge is -2.20. The summed E-state index contributed by atoms with van der Waals surface area (Å²) in [6.07, 6.45) is 0. The molecule has 2 amide bonds. The number of urea groups is 1. The molecule has 0 unspecified atom stereocenters. The normalized spacial score (nSPS) is 11.5. The van der Waals surface area contributed by atoms with Gasteiger partial charge >= 0.3 is 18.0 Å². The van der Waals surface area contributed by atoms with Crippen molar-refractivity contribution in [2.75, 3.05) is 13.1 Å².